The van der Waals surface area contributed by atoms with Crippen molar-refractivity contribution in [3.05, 3.63) is 32.4 Å². The molecule has 1 amide bonds. The predicted octanol–water partition coefficient (Wildman–Crippen LogP) is 3.28. The lowest BCUT2D eigenvalue weighted by atomic mass is 10.1. The second-order valence-corrected chi connectivity index (χ2v) is 9.89. The van der Waals surface area contributed by atoms with E-state index in [-0.39, 0.29) is 11.9 Å². The molecule has 4 rings (SSSR count). The van der Waals surface area contributed by atoms with Gasteiger partial charge in [0.05, 0.1) is 3.79 Å². The molecule has 2 aliphatic rings. The van der Waals surface area contributed by atoms with Crippen molar-refractivity contribution >= 4 is 49.6 Å². The highest BCUT2D eigenvalue weighted by Gasteiger charge is 2.35. The van der Waals surface area contributed by atoms with E-state index in [9.17, 15) is 4.79 Å². The number of piperazine rings is 1. The van der Waals surface area contributed by atoms with Gasteiger partial charge in [0.2, 0.25) is 5.91 Å². The maximum absolute atomic E-state index is 13.0. The maximum Gasteiger partial charge on any atom is 0.245 e. The molecule has 2 aromatic rings. The summed E-state index contributed by atoms with van der Waals surface area (Å²) in [6, 6.07) is 4.26. The Morgan fingerprint density at radius 1 is 1.24 bits per heavy atom. The van der Waals surface area contributed by atoms with E-state index >= 15 is 0 Å². The molecule has 2 aromatic heterocycles. The zero-order chi connectivity index (χ0) is 17.2. The van der Waals surface area contributed by atoms with E-state index in [1.165, 1.54) is 8.66 Å². The monoisotopic (exact) mass is 440 g/mol. The number of hydrogen-bond acceptors (Lipinski definition) is 6. The Morgan fingerprint density at radius 2 is 2.08 bits per heavy atom. The largest absolute Gasteiger partial charge is 0.338 e. The molecule has 0 bridgehead atoms. The summed E-state index contributed by atoms with van der Waals surface area (Å²) in [5.74, 6) is 0.284. The molecule has 0 saturated carbocycles. The molecular formula is C17H21BrN4OS2. The average Bonchev–Trinajstić information content (AvgIpc) is 3.36. The predicted molar refractivity (Wildman–Crippen MR) is 106 cm³/mol. The SMILES string of the molecule is O=C(C1CCCN1c1nccs1)N1CCN(Cc2ccc(Br)s2)CC1. The lowest BCUT2D eigenvalue weighted by Crippen LogP contribution is -2.53. The van der Waals surface area contributed by atoms with Crippen LogP contribution >= 0.6 is 38.6 Å². The molecule has 0 N–H and O–H groups in total. The first-order valence-electron chi connectivity index (χ1n) is 8.62. The van der Waals surface area contributed by atoms with Crippen molar-refractivity contribution in [3.8, 4) is 0 Å². The number of anilines is 1. The summed E-state index contributed by atoms with van der Waals surface area (Å²) in [5, 5.41) is 2.97. The number of hydrogen-bond donors (Lipinski definition) is 0. The van der Waals surface area contributed by atoms with Crippen LogP contribution in [0.4, 0.5) is 5.13 Å². The molecule has 4 heterocycles. The van der Waals surface area contributed by atoms with Crippen LogP contribution in [0.1, 0.15) is 17.7 Å². The summed E-state index contributed by atoms with van der Waals surface area (Å²) in [6.45, 7) is 5.47. The summed E-state index contributed by atoms with van der Waals surface area (Å²) < 4.78 is 1.18. The smallest absolute Gasteiger partial charge is 0.245 e. The van der Waals surface area contributed by atoms with Crippen molar-refractivity contribution in [1.29, 1.82) is 0 Å². The highest BCUT2D eigenvalue weighted by Crippen LogP contribution is 2.29. The number of nitrogens with zero attached hydrogens (tertiary/aromatic N) is 4. The minimum absolute atomic E-state index is 0.0223. The van der Waals surface area contributed by atoms with Crippen molar-refractivity contribution in [3.63, 3.8) is 0 Å². The molecule has 1 unspecified atom stereocenters. The second kappa shape index (κ2) is 7.73. The molecular weight excluding hydrogens is 420 g/mol. The number of aromatic nitrogens is 1. The summed E-state index contributed by atoms with van der Waals surface area (Å²) in [7, 11) is 0. The van der Waals surface area contributed by atoms with E-state index in [2.05, 4.69) is 47.7 Å². The van der Waals surface area contributed by atoms with Gasteiger partial charge in [-0.2, -0.15) is 0 Å². The standard InChI is InChI=1S/C17H21BrN4OS2/c18-15-4-3-13(25-15)12-20-7-9-21(10-8-20)16(23)14-2-1-6-22(14)17-19-5-11-24-17/h3-5,11,14H,1-2,6-10,12H2. The van der Waals surface area contributed by atoms with Gasteiger partial charge in [0, 0.05) is 55.7 Å². The first-order chi connectivity index (χ1) is 12.2. The van der Waals surface area contributed by atoms with Gasteiger partial charge in [-0.25, -0.2) is 4.98 Å². The fraction of sp³-hybridized carbons (Fsp3) is 0.529. The average molecular weight is 441 g/mol. The Bertz CT molecular complexity index is 712. The van der Waals surface area contributed by atoms with Gasteiger partial charge in [-0.15, -0.1) is 22.7 Å². The quantitative estimate of drug-likeness (QED) is 0.730. The molecule has 0 aliphatic carbocycles. The Kier molecular flexibility index (Phi) is 5.40. The van der Waals surface area contributed by atoms with E-state index in [0.29, 0.717) is 0 Å². The normalized spacial score (nSPS) is 21.9. The molecule has 134 valence electrons. The third kappa shape index (κ3) is 3.92. The second-order valence-electron chi connectivity index (χ2n) is 6.47. The van der Waals surface area contributed by atoms with Gasteiger partial charge >= 0.3 is 0 Å². The van der Waals surface area contributed by atoms with E-state index in [1.54, 1.807) is 22.7 Å². The zero-order valence-corrected chi connectivity index (χ0v) is 17.2. The fourth-order valence-electron chi connectivity index (χ4n) is 3.60. The maximum atomic E-state index is 13.0. The Morgan fingerprint density at radius 3 is 2.76 bits per heavy atom. The number of amides is 1. The van der Waals surface area contributed by atoms with Crippen LogP contribution in [-0.4, -0.2) is 59.5 Å². The Labute approximate surface area is 164 Å². The van der Waals surface area contributed by atoms with Gasteiger partial charge in [0.25, 0.3) is 0 Å². The van der Waals surface area contributed by atoms with Crippen molar-refractivity contribution in [2.45, 2.75) is 25.4 Å². The van der Waals surface area contributed by atoms with Crippen LogP contribution in [0.2, 0.25) is 0 Å². The van der Waals surface area contributed by atoms with Gasteiger partial charge in [-0.3, -0.25) is 9.69 Å². The molecule has 2 fully saturated rings. The van der Waals surface area contributed by atoms with E-state index in [4.69, 9.17) is 0 Å². The Balaban J connectivity index is 1.33. The van der Waals surface area contributed by atoms with E-state index < -0.39 is 0 Å². The minimum Gasteiger partial charge on any atom is -0.338 e. The molecule has 0 aromatic carbocycles. The fourth-order valence-corrected chi connectivity index (χ4v) is 5.85. The molecule has 2 saturated heterocycles. The summed E-state index contributed by atoms with van der Waals surface area (Å²) in [4.78, 5) is 25.5. The lowest BCUT2D eigenvalue weighted by molar-refractivity contribution is -0.134. The molecule has 0 radical (unpaired) electrons. The molecule has 2 aliphatic heterocycles. The van der Waals surface area contributed by atoms with E-state index in [0.717, 1.165) is 57.2 Å². The third-order valence-corrected chi connectivity index (χ3v) is 7.31. The topological polar surface area (TPSA) is 39.7 Å². The van der Waals surface area contributed by atoms with Gasteiger partial charge in [0.15, 0.2) is 5.13 Å². The summed E-state index contributed by atoms with van der Waals surface area (Å²) >= 11 is 6.94. The van der Waals surface area contributed by atoms with Crippen LogP contribution in [0.15, 0.2) is 27.5 Å². The van der Waals surface area contributed by atoms with Crippen LogP contribution in [-0.2, 0) is 11.3 Å². The van der Waals surface area contributed by atoms with Gasteiger partial charge in [-0.05, 0) is 40.9 Å². The van der Waals surface area contributed by atoms with Crippen molar-refractivity contribution in [2.24, 2.45) is 0 Å². The number of thiophene rings is 1. The highest BCUT2D eigenvalue weighted by atomic mass is 79.9. The number of carbonyl (C=O) groups excluding carboxylic acids is 1. The zero-order valence-electron chi connectivity index (χ0n) is 13.9. The van der Waals surface area contributed by atoms with Crippen LogP contribution in [0.25, 0.3) is 0 Å². The first kappa shape index (κ1) is 17.5. The molecule has 25 heavy (non-hydrogen) atoms. The van der Waals surface area contributed by atoms with Crippen LogP contribution in [0.3, 0.4) is 0 Å². The van der Waals surface area contributed by atoms with Crippen LogP contribution in [0.5, 0.6) is 0 Å². The third-order valence-electron chi connectivity index (χ3n) is 4.90. The lowest BCUT2D eigenvalue weighted by Gasteiger charge is -2.37. The molecule has 1 atom stereocenters. The summed E-state index contributed by atoms with van der Waals surface area (Å²) in [5.41, 5.74) is 0. The van der Waals surface area contributed by atoms with Crippen molar-refractivity contribution < 1.29 is 4.79 Å². The number of halogens is 1. The molecule has 5 nitrogen and oxygen atoms in total. The van der Waals surface area contributed by atoms with Gasteiger partial charge in [0.1, 0.15) is 6.04 Å². The van der Waals surface area contributed by atoms with Crippen molar-refractivity contribution in [2.75, 3.05) is 37.6 Å². The van der Waals surface area contributed by atoms with Crippen molar-refractivity contribution in [1.82, 2.24) is 14.8 Å². The van der Waals surface area contributed by atoms with Crippen LogP contribution < -0.4 is 4.90 Å². The first-order valence-corrected chi connectivity index (χ1v) is 11.1. The highest BCUT2D eigenvalue weighted by molar-refractivity contribution is 9.11. The van der Waals surface area contributed by atoms with Crippen LogP contribution in [0, 0.1) is 0 Å². The van der Waals surface area contributed by atoms with Gasteiger partial charge in [-0.1, -0.05) is 0 Å². The van der Waals surface area contributed by atoms with E-state index in [1.807, 2.05) is 11.6 Å². The number of rotatable bonds is 4. The summed E-state index contributed by atoms with van der Waals surface area (Å²) in [6.07, 6.45) is 3.84. The van der Waals surface area contributed by atoms with Gasteiger partial charge < -0.3 is 9.80 Å². The number of thiazole rings is 1. The molecule has 8 heteroatoms. The molecule has 0 spiro atoms. The number of carbonyl (C=O) groups is 1. The minimum atomic E-state index is -0.0223. The Hall–Kier alpha value is -0.960.